The number of carbonyl (C=O) groups excluding carboxylic acids is 1. The molecule has 0 saturated heterocycles. The molecule has 9 nitrogen and oxygen atoms in total. The van der Waals surface area contributed by atoms with Gasteiger partial charge >= 0.3 is 0 Å². The average Bonchev–Trinajstić information content (AvgIpc) is 3.43. The summed E-state index contributed by atoms with van der Waals surface area (Å²) >= 11 is -1.72. The highest BCUT2D eigenvalue weighted by Crippen LogP contribution is 2.31. The lowest BCUT2D eigenvalue weighted by atomic mass is 10.1. The number of nitrogens with one attached hydrogen (secondary N) is 2. The summed E-state index contributed by atoms with van der Waals surface area (Å²) < 4.78 is 24.6. The average molecular weight is 494 g/mol. The largest absolute Gasteiger partial charge is 0.548 e. The molecule has 3 N–H and O–H groups in total. The maximum absolute atomic E-state index is 13.0. The van der Waals surface area contributed by atoms with Crippen LogP contribution >= 0.6 is 11.1 Å². The van der Waals surface area contributed by atoms with Crippen molar-refractivity contribution in [3.05, 3.63) is 88.8 Å². The van der Waals surface area contributed by atoms with Crippen molar-refractivity contribution in [1.29, 1.82) is 0 Å². The Bertz CT molecular complexity index is 1380. The van der Waals surface area contributed by atoms with Gasteiger partial charge in [-0.3, -0.25) is 4.79 Å². The highest BCUT2D eigenvalue weighted by molar-refractivity contribution is 7.13. The van der Waals surface area contributed by atoms with E-state index in [1.54, 1.807) is 25.2 Å². The van der Waals surface area contributed by atoms with Gasteiger partial charge < -0.3 is 24.3 Å². The topological polar surface area (TPSA) is 130 Å². The molecule has 4 aromatic rings. The van der Waals surface area contributed by atoms with Gasteiger partial charge in [0.15, 0.2) is 16.9 Å². The fourth-order valence-corrected chi connectivity index (χ4v) is 4.33. The molecule has 0 aliphatic rings. The van der Waals surface area contributed by atoms with Crippen molar-refractivity contribution in [3.63, 3.8) is 0 Å². The van der Waals surface area contributed by atoms with Gasteiger partial charge in [-0.1, -0.05) is 43.3 Å². The van der Waals surface area contributed by atoms with Crippen LogP contribution in [-0.2, 0) is 6.54 Å². The summed E-state index contributed by atoms with van der Waals surface area (Å²) in [5.74, 6) is 1.09. The highest BCUT2D eigenvalue weighted by Gasteiger charge is 2.21. The Labute approximate surface area is 205 Å². The zero-order valence-corrected chi connectivity index (χ0v) is 20.5. The van der Waals surface area contributed by atoms with Crippen LogP contribution in [0.3, 0.4) is 0 Å². The van der Waals surface area contributed by atoms with E-state index in [0.29, 0.717) is 18.7 Å². The number of hydrogen-bond donors (Lipinski definition) is 3. The molecule has 2 heterocycles. The number of anilines is 2. The first-order chi connectivity index (χ1) is 16.9. The van der Waals surface area contributed by atoms with Gasteiger partial charge in [0, 0.05) is 18.0 Å². The number of aromatic nitrogens is 2. The van der Waals surface area contributed by atoms with Gasteiger partial charge in [0.1, 0.15) is 17.6 Å². The lowest BCUT2D eigenvalue weighted by molar-refractivity contribution is 0.0782. The first-order valence-electron chi connectivity index (χ1n) is 11.2. The summed E-state index contributed by atoms with van der Waals surface area (Å²) in [6, 6.07) is 17.8. The van der Waals surface area contributed by atoms with E-state index in [-0.39, 0.29) is 40.3 Å². The number of aromatic amines is 1. The molecular weight excluding hydrogens is 466 g/mol. The van der Waals surface area contributed by atoms with Crippen molar-refractivity contribution in [2.45, 2.75) is 32.9 Å². The van der Waals surface area contributed by atoms with E-state index in [4.69, 9.17) is 4.42 Å². The van der Waals surface area contributed by atoms with Crippen molar-refractivity contribution >= 4 is 28.6 Å². The van der Waals surface area contributed by atoms with E-state index < -0.39 is 11.1 Å². The van der Waals surface area contributed by atoms with Crippen molar-refractivity contribution in [1.82, 2.24) is 13.6 Å². The van der Waals surface area contributed by atoms with Crippen molar-refractivity contribution in [3.8, 4) is 5.75 Å². The van der Waals surface area contributed by atoms with Crippen molar-refractivity contribution < 1.29 is 18.9 Å². The van der Waals surface area contributed by atoms with E-state index in [2.05, 4.69) is 19.1 Å². The molecule has 0 aliphatic heterocycles. The quantitative estimate of drug-likeness (QED) is 0.238. The predicted octanol–water partition coefficient (Wildman–Crippen LogP) is 4.81. The minimum absolute atomic E-state index is 0.136. The molecule has 4 rings (SSSR count). The van der Waals surface area contributed by atoms with Crippen LogP contribution in [0.1, 0.15) is 46.8 Å². The molecule has 2 aromatic heterocycles. The van der Waals surface area contributed by atoms with E-state index >= 15 is 0 Å². The normalized spacial score (nSPS) is 13.0. The summed E-state index contributed by atoms with van der Waals surface area (Å²) in [4.78, 5) is 19.2. The van der Waals surface area contributed by atoms with E-state index in [1.807, 2.05) is 56.3 Å². The molecule has 0 fully saturated rings. The summed E-state index contributed by atoms with van der Waals surface area (Å²) in [5.41, 5.74) is 1.64. The minimum Gasteiger partial charge on any atom is -0.548 e. The second kappa shape index (κ2) is 10.6. The van der Waals surface area contributed by atoms with Crippen molar-refractivity contribution in [2.75, 3.05) is 12.4 Å². The second-order valence-corrected chi connectivity index (χ2v) is 9.00. The van der Waals surface area contributed by atoms with Gasteiger partial charge in [-0.05, 0) is 43.2 Å². The maximum Gasteiger partial charge on any atom is 0.257 e. The SMILES string of the molecule is CC[C@@H](N=c1[nH][s+]([O-])nc1Nc1cccc(C(=O)N(C)Cc2ccccc2)c1O)c1ccc(C)o1. The number of amides is 1. The number of aromatic hydroxyl groups is 1. The third-order valence-corrected chi connectivity index (χ3v) is 6.19. The Morgan fingerprint density at radius 1 is 1.23 bits per heavy atom. The molecule has 1 amide bonds. The highest BCUT2D eigenvalue weighted by atomic mass is 32.2. The zero-order chi connectivity index (χ0) is 24.9. The molecule has 10 heteroatoms. The summed E-state index contributed by atoms with van der Waals surface area (Å²) in [6.07, 6.45) is 0.654. The first-order valence-corrected chi connectivity index (χ1v) is 12.3. The van der Waals surface area contributed by atoms with Gasteiger partial charge in [0.05, 0.1) is 11.3 Å². The van der Waals surface area contributed by atoms with E-state index in [1.165, 1.54) is 4.90 Å². The van der Waals surface area contributed by atoms with Gasteiger partial charge in [-0.15, -0.1) is 4.37 Å². The number of benzene rings is 2. The summed E-state index contributed by atoms with van der Waals surface area (Å²) in [6.45, 7) is 4.22. The maximum atomic E-state index is 13.0. The number of furan rings is 1. The van der Waals surface area contributed by atoms with Crippen molar-refractivity contribution in [2.24, 2.45) is 4.99 Å². The number of phenolic OH excluding ortho intramolecular Hbond substituents is 1. The number of phenols is 1. The van der Waals surface area contributed by atoms with E-state index in [0.717, 1.165) is 11.3 Å². The number of aryl methyl sites for hydroxylation is 1. The number of para-hydroxylation sites is 1. The Kier molecular flexibility index (Phi) is 7.33. The Morgan fingerprint density at radius 3 is 2.69 bits per heavy atom. The molecule has 2 atom stereocenters. The van der Waals surface area contributed by atoms with Gasteiger partial charge in [-0.25, -0.2) is 4.99 Å². The Morgan fingerprint density at radius 2 is 2.00 bits per heavy atom. The minimum atomic E-state index is -1.72. The van der Waals surface area contributed by atoms with Crippen LogP contribution in [-0.4, -0.2) is 36.3 Å². The molecular formula is C25H27N5O4S. The lowest BCUT2D eigenvalue weighted by Crippen LogP contribution is -2.26. The summed E-state index contributed by atoms with van der Waals surface area (Å²) in [5, 5.41) is 13.9. The number of nitrogens with zero attached hydrogens (tertiary/aromatic N) is 3. The number of carbonyl (C=O) groups is 1. The van der Waals surface area contributed by atoms with Crippen LogP contribution in [0.4, 0.5) is 11.5 Å². The van der Waals surface area contributed by atoms with Gasteiger partial charge in [0.2, 0.25) is 11.3 Å². The van der Waals surface area contributed by atoms with Crippen LogP contribution in [0.15, 0.2) is 70.1 Å². The third kappa shape index (κ3) is 5.61. The summed E-state index contributed by atoms with van der Waals surface area (Å²) in [7, 11) is 1.68. The number of H-pyrrole nitrogens is 1. The van der Waals surface area contributed by atoms with Gasteiger partial charge in [0.25, 0.3) is 5.91 Å². The third-order valence-electron chi connectivity index (χ3n) is 5.47. The molecule has 0 aliphatic carbocycles. The molecule has 0 spiro atoms. The molecule has 0 saturated carbocycles. The molecule has 0 bridgehead atoms. The first kappa shape index (κ1) is 24.2. The van der Waals surface area contributed by atoms with Gasteiger partial charge in [-0.2, -0.15) is 0 Å². The molecule has 1 unspecified atom stereocenters. The fraction of sp³-hybridized carbons (Fsp3) is 0.240. The van der Waals surface area contributed by atoms with Crippen LogP contribution in [0.2, 0.25) is 0 Å². The monoisotopic (exact) mass is 493 g/mol. The Hall–Kier alpha value is -3.89. The lowest BCUT2D eigenvalue weighted by Gasteiger charge is -2.19. The number of hydrogen-bond acceptors (Lipinski definition) is 7. The van der Waals surface area contributed by atoms with Crippen LogP contribution in [0.25, 0.3) is 0 Å². The standard InChI is InChI=1S/C25H27N5O4S/c1-4-19(21-14-13-16(2)34-21)26-23-24(29-35(33)28-23)27-20-12-8-11-18(22(20)31)25(32)30(3)15-17-9-6-5-7-10-17/h5-14,19,31H,4,15H2,1-3H3,(H,26,28)(H,27,29)/t19-,35?/m1/s1. The molecule has 35 heavy (non-hydrogen) atoms. The predicted molar refractivity (Wildman–Crippen MR) is 133 cm³/mol. The molecule has 2 aromatic carbocycles. The van der Waals surface area contributed by atoms with Crippen LogP contribution in [0, 0.1) is 6.92 Å². The fourth-order valence-electron chi connectivity index (χ4n) is 3.67. The second-order valence-electron chi connectivity index (χ2n) is 8.11. The smallest absolute Gasteiger partial charge is 0.257 e. The zero-order valence-electron chi connectivity index (χ0n) is 19.7. The van der Waals surface area contributed by atoms with E-state index in [9.17, 15) is 14.5 Å². The Balaban J connectivity index is 1.60. The molecule has 182 valence electrons. The van der Waals surface area contributed by atoms with Crippen LogP contribution < -0.4 is 10.8 Å². The van der Waals surface area contributed by atoms with Crippen LogP contribution in [0.5, 0.6) is 5.75 Å². The number of rotatable bonds is 8. The molecule has 0 radical (unpaired) electrons.